The Balaban J connectivity index is 1.76. The number of morpholine rings is 1. The molecule has 1 aromatic heterocycles. The molecule has 0 spiro atoms. The maximum absolute atomic E-state index is 5.88. The Labute approximate surface area is 115 Å². The van der Waals surface area contributed by atoms with Crippen molar-refractivity contribution >= 4 is 5.69 Å². The summed E-state index contributed by atoms with van der Waals surface area (Å²) in [5.74, 6) is 0. The molecular weight excluding hydrogens is 238 g/mol. The van der Waals surface area contributed by atoms with Gasteiger partial charge in [-0.25, -0.2) is 0 Å². The minimum atomic E-state index is 0.444. The molecule has 1 aromatic rings. The van der Waals surface area contributed by atoms with Crippen LogP contribution >= 0.6 is 0 Å². The van der Waals surface area contributed by atoms with Crippen molar-refractivity contribution in [1.82, 2.24) is 10.3 Å². The van der Waals surface area contributed by atoms with Crippen molar-refractivity contribution in [3.63, 3.8) is 0 Å². The molecule has 2 heterocycles. The van der Waals surface area contributed by atoms with E-state index in [1.807, 2.05) is 6.20 Å². The number of nitrogens with one attached hydrogen (secondary N) is 1. The fraction of sp³-hybridized carbons (Fsp3) is 0.667. The lowest BCUT2D eigenvalue weighted by atomic mass is 10.1. The van der Waals surface area contributed by atoms with E-state index in [1.165, 1.54) is 24.9 Å². The molecule has 2 unspecified atom stereocenters. The van der Waals surface area contributed by atoms with Crippen LogP contribution in [0.25, 0.3) is 0 Å². The molecule has 1 aliphatic carbocycles. The monoisotopic (exact) mass is 261 g/mol. The molecule has 19 heavy (non-hydrogen) atoms. The number of anilines is 1. The second-order valence-corrected chi connectivity index (χ2v) is 5.39. The van der Waals surface area contributed by atoms with Gasteiger partial charge in [-0.3, -0.25) is 4.98 Å². The first-order valence-electron chi connectivity index (χ1n) is 7.42. The molecule has 1 aliphatic heterocycles. The summed E-state index contributed by atoms with van der Waals surface area (Å²) in [6.45, 7) is 5.81. The summed E-state index contributed by atoms with van der Waals surface area (Å²) >= 11 is 0. The van der Waals surface area contributed by atoms with Crippen molar-refractivity contribution in [3.8, 4) is 0 Å². The number of hydrogen-bond donors (Lipinski definition) is 1. The Kier molecular flexibility index (Phi) is 3.99. The third kappa shape index (κ3) is 2.74. The molecule has 2 aliphatic rings. The molecule has 2 atom stereocenters. The van der Waals surface area contributed by atoms with Gasteiger partial charge < -0.3 is 15.0 Å². The normalized spacial score (nSPS) is 26.5. The molecule has 1 saturated heterocycles. The smallest absolute Gasteiger partial charge is 0.0779 e. The molecule has 0 amide bonds. The molecule has 0 radical (unpaired) electrons. The third-order valence-corrected chi connectivity index (χ3v) is 4.17. The molecule has 1 saturated carbocycles. The van der Waals surface area contributed by atoms with E-state index >= 15 is 0 Å². The van der Waals surface area contributed by atoms with Crippen LogP contribution in [-0.2, 0) is 11.3 Å². The third-order valence-electron chi connectivity index (χ3n) is 4.17. The van der Waals surface area contributed by atoms with Gasteiger partial charge in [0.25, 0.3) is 0 Å². The largest absolute Gasteiger partial charge is 0.374 e. The van der Waals surface area contributed by atoms with E-state index in [9.17, 15) is 0 Å². The van der Waals surface area contributed by atoms with Gasteiger partial charge >= 0.3 is 0 Å². The van der Waals surface area contributed by atoms with Crippen molar-refractivity contribution in [3.05, 3.63) is 24.0 Å². The number of aromatic nitrogens is 1. The quantitative estimate of drug-likeness (QED) is 0.899. The van der Waals surface area contributed by atoms with Gasteiger partial charge in [0.05, 0.1) is 24.4 Å². The van der Waals surface area contributed by atoms with Gasteiger partial charge in [0, 0.05) is 25.0 Å². The highest BCUT2D eigenvalue weighted by Gasteiger charge is 2.36. The van der Waals surface area contributed by atoms with Crippen LogP contribution in [0.4, 0.5) is 5.69 Å². The van der Waals surface area contributed by atoms with Crippen molar-refractivity contribution in [1.29, 1.82) is 0 Å². The van der Waals surface area contributed by atoms with Gasteiger partial charge in [-0.05, 0) is 37.9 Å². The van der Waals surface area contributed by atoms with Gasteiger partial charge in [0.2, 0.25) is 0 Å². The van der Waals surface area contributed by atoms with Crippen LogP contribution in [-0.4, -0.2) is 36.8 Å². The number of fused-ring (bicyclic) bond motifs is 1. The number of nitrogens with zero attached hydrogens (tertiary/aromatic N) is 2. The summed E-state index contributed by atoms with van der Waals surface area (Å²) in [6.07, 6.45) is 6.15. The van der Waals surface area contributed by atoms with E-state index in [0.717, 1.165) is 31.9 Å². The van der Waals surface area contributed by atoms with Crippen molar-refractivity contribution in [2.45, 2.75) is 44.9 Å². The number of pyridine rings is 1. The molecule has 0 bridgehead atoms. The number of ether oxygens (including phenoxy) is 1. The fourth-order valence-electron chi connectivity index (χ4n) is 3.24. The van der Waals surface area contributed by atoms with Gasteiger partial charge in [-0.15, -0.1) is 0 Å². The van der Waals surface area contributed by atoms with E-state index < -0.39 is 0 Å². The Hall–Kier alpha value is -1.13. The van der Waals surface area contributed by atoms with Crippen LogP contribution in [0.2, 0.25) is 0 Å². The Bertz CT molecular complexity index is 424. The van der Waals surface area contributed by atoms with Crippen molar-refractivity contribution in [2.75, 3.05) is 24.6 Å². The van der Waals surface area contributed by atoms with Gasteiger partial charge in [-0.2, -0.15) is 0 Å². The van der Waals surface area contributed by atoms with E-state index in [2.05, 4.69) is 34.3 Å². The first kappa shape index (κ1) is 12.9. The SMILES string of the molecule is CCNCc1cc(N2CCOC3CCCC32)ccn1. The minimum absolute atomic E-state index is 0.444. The highest BCUT2D eigenvalue weighted by Crippen LogP contribution is 2.33. The zero-order chi connectivity index (χ0) is 13.1. The topological polar surface area (TPSA) is 37.4 Å². The Morgan fingerprint density at radius 3 is 3.32 bits per heavy atom. The van der Waals surface area contributed by atoms with Gasteiger partial charge in [0.1, 0.15) is 0 Å². The summed E-state index contributed by atoms with van der Waals surface area (Å²) in [5, 5.41) is 3.34. The van der Waals surface area contributed by atoms with Crippen LogP contribution in [0.3, 0.4) is 0 Å². The van der Waals surface area contributed by atoms with Crippen LogP contribution in [0.1, 0.15) is 31.9 Å². The number of hydrogen-bond acceptors (Lipinski definition) is 4. The molecule has 3 rings (SSSR count). The summed E-state index contributed by atoms with van der Waals surface area (Å²) in [4.78, 5) is 6.96. The molecule has 4 nitrogen and oxygen atoms in total. The molecule has 0 aromatic carbocycles. The maximum Gasteiger partial charge on any atom is 0.0779 e. The van der Waals surface area contributed by atoms with Crippen LogP contribution < -0.4 is 10.2 Å². The average Bonchev–Trinajstić information content (AvgIpc) is 2.93. The summed E-state index contributed by atoms with van der Waals surface area (Å²) < 4.78 is 5.88. The predicted octanol–water partition coefficient (Wildman–Crippen LogP) is 1.95. The second-order valence-electron chi connectivity index (χ2n) is 5.39. The minimum Gasteiger partial charge on any atom is -0.374 e. The first-order valence-corrected chi connectivity index (χ1v) is 7.42. The Morgan fingerprint density at radius 1 is 1.47 bits per heavy atom. The Morgan fingerprint density at radius 2 is 2.42 bits per heavy atom. The second kappa shape index (κ2) is 5.88. The van der Waals surface area contributed by atoms with E-state index in [0.29, 0.717) is 12.1 Å². The van der Waals surface area contributed by atoms with E-state index in [1.54, 1.807) is 0 Å². The first-order chi connectivity index (χ1) is 9.38. The average molecular weight is 261 g/mol. The molecule has 2 fully saturated rings. The molecule has 1 N–H and O–H groups in total. The summed E-state index contributed by atoms with van der Waals surface area (Å²) in [6, 6.07) is 4.93. The lowest BCUT2D eigenvalue weighted by molar-refractivity contribution is 0.0256. The molecule has 104 valence electrons. The van der Waals surface area contributed by atoms with Crippen LogP contribution in [0.15, 0.2) is 18.3 Å². The summed E-state index contributed by atoms with van der Waals surface area (Å²) in [5.41, 5.74) is 2.43. The lowest BCUT2D eigenvalue weighted by Gasteiger charge is -2.39. The van der Waals surface area contributed by atoms with Gasteiger partial charge in [-0.1, -0.05) is 6.92 Å². The highest BCUT2D eigenvalue weighted by molar-refractivity contribution is 5.48. The van der Waals surface area contributed by atoms with Crippen molar-refractivity contribution < 1.29 is 4.74 Å². The van der Waals surface area contributed by atoms with Crippen LogP contribution in [0.5, 0.6) is 0 Å². The predicted molar refractivity (Wildman–Crippen MR) is 76.3 cm³/mol. The van der Waals surface area contributed by atoms with E-state index in [4.69, 9.17) is 4.74 Å². The lowest BCUT2D eigenvalue weighted by Crippen LogP contribution is -2.48. The molecule has 4 heteroatoms. The highest BCUT2D eigenvalue weighted by atomic mass is 16.5. The molecular formula is C15H23N3O. The summed E-state index contributed by atoms with van der Waals surface area (Å²) in [7, 11) is 0. The van der Waals surface area contributed by atoms with Crippen LogP contribution in [0, 0.1) is 0 Å². The number of rotatable bonds is 4. The maximum atomic E-state index is 5.88. The zero-order valence-electron chi connectivity index (χ0n) is 11.6. The zero-order valence-corrected chi connectivity index (χ0v) is 11.6. The fourth-order valence-corrected chi connectivity index (χ4v) is 3.24. The van der Waals surface area contributed by atoms with E-state index in [-0.39, 0.29) is 0 Å². The van der Waals surface area contributed by atoms with Gasteiger partial charge in [0.15, 0.2) is 0 Å². The van der Waals surface area contributed by atoms with Crippen molar-refractivity contribution in [2.24, 2.45) is 0 Å². The standard InChI is InChI=1S/C15H23N3O/c1-2-16-11-12-10-13(6-7-17-12)18-8-9-19-15-5-3-4-14(15)18/h6-7,10,14-16H,2-5,8-9,11H2,1H3.